The van der Waals surface area contributed by atoms with Gasteiger partial charge in [-0.2, -0.15) is 0 Å². The van der Waals surface area contributed by atoms with Gasteiger partial charge in [0.2, 0.25) is 5.89 Å². The minimum absolute atomic E-state index is 0. The molecule has 4 rings (SSSR count). The molecule has 0 unspecified atom stereocenters. The van der Waals surface area contributed by atoms with Gasteiger partial charge in [-0.3, -0.25) is 0 Å². The lowest BCUT2D eigenvalue weighted by Crippen LogP contribution is -2.38. The van der Waals surface area contributed by atoms with Crippen LogP contribution in [-0.4, -0.2) is 29.0 Å². The molecule has 0 radical (unpaired) electrons. The highest BCUT2D eigenvalue weighted by Gasteiger charge is 2.08. The molecule has 0 aliphatic carbocycles. The summed E-state index contributed by atoms with van der Waals surface area (Å²) in [7, 11) is 0. The van der Waals surface area contributed by atoms with E-state index in [9.17, 15) is 0 Å². The maximum atomic E-state index is 5.60. The SMILES string of the molecule is CCNC(=NCc1coc(-c2ccccc2)n1)NCCc1c[nH]c2cccc(C)c12.I. The van der Waals surface area contributed by atoms with Gasteiger partial charge in [0.25, 0.3) is 0 Å². The van der Waals surface area contributed by atoms with Gasteiger partial charge in [0.1, 0.15) is 12.0 Å². The van der Waals surface area contributed by atoms with Crippen molar-refractivity contribution >= 4 is 40.8 Å². The molecule has 0 aliphatic heterocycles. The van der Waals surface area contributed by atoms with Crippen molar-refractivity contribution in [2.75, 3.05) is 13.1 Å². The summed E-state index contributed by atoms with van der Waals surface area (Å²) >= 11 is 0. The summed E-state index contributed by atoms with van der Waals surface area (Å²) in [5, 5.41) is 8.03. The standard InChI is InChI=1S/C24H27N5O.HI/c1-3-25-24(26-13-12-19-14-27-21-11-7-8-17(2)22(19)21)28-15-20-16-30-23(29-20)18-9-5-4-6-10-18;/h4-11,14,16,27H,3,12-13,15H2,1-2H3,(H2,25,26,28);1H. The molecule has 0 spiro atoms. The number of aromatic amines is 1. The Morgan fingerprint density at radius 1 is 1.10 bits per heavy atom. The molecule has 0 amide bonds. The molecule has 2 heterocycles. The van der Waals surface area contributed by atoms with E-state index in [2.05, 4.69) is 63.8 Å². The van der Waals surface area contributed by atoms with E-state index in [0.717, 1.165) is 36.7 Å². The van der Waals surface area contributed by atoms with Crippen LogP contribution in [0.15, 0.2) is 70.4 Å². The zero-order chi connectivity index (χ0) is 20.8. The molecular formula is C24H28IN5O. The number of hydrogen-bond acceptors (Lipinski definition) is 3. The van der Waals surface area contributed by atoms with Crippen LogP contribution in [0.4, 0.5) is 0 Å². The molecule has 3 N–H and O–H groups in total. The highest BCUT2D eigenvalue weighted by Crippen LogP contribution is 2.22. The molecule has 2 aromatic heterocycles. The third-order valence-electron chi connectivity index (χ3n) is 5.00. The van der Waals surface area contributed by atoms with Crippen molar-refractivity contribution in [2.45, 2.75) is 26.8 Å². The Kier molecular flexibility index (Phi) is 8.11. The van der Waals surface area contributed by atoms with E-state index in [4.69, 9.17) is 4.42 Å². The first-order valence-corrected chi connectivity index (χ1v) is 10.3. The number of benzene rings is 2. The molecule has 0 bridgehead atoms. The third kappa shape index (κ3) is 5.66. The van der Waals surface area contributed by atoms with Crippen LogP contribution >= 0.6 is 24.0 Å². The molecule has 2 aromatic carbocycles. The maximum absolute atomic E-state index is 5.60. The van der Waals surface area contributed by atoms with Crippen LogP contribution in [-0.2, 0) is 13.0 Å². The van der Waals surface area contributed by atoms with Crippen molar-refractivity contribution < 1.29 is 4.42 Å². The van der Waals surface area contributed by atoms with E-state index in [0.29, 0.717) is 12.4 Å². The van der Waals surface area contributed by atoms with E-state index in [1.54, 1.807) is 6.26 Å². The number of aryl methyl sites for hydroxylation is 1. The topological polar surface area (TPSA) is 78.2 Å². The minimum Gasteiger partial charge on any atom is -0.444 e. The fraction of sp³-hybridized carbons (Fsp3) is 0.250. The van der Waals surface area contributed by atoms with Gasteiger partial charge < -0.3 is 20.0 Å². The second-order valence-electron chi connectivity index (χ2n) is 7.19. The number of nitrogens with one attached hydrogen (secondary N) is 3. The van der Waals surface area contributed by atoms with Gasteiger partial charge in [0.05, 0.1) is 6.54 Å². The van der Waals surface area contributed by atoms with E-state index in [-0.39, 0.29) is 24.0 Å². The number of aromatic nitrogens is 2. The lowest BCUT2D eigenvalue weighted by atomic mass is 10.1. The third-order valence-corrected chi connectivity index (χ3v) is 5.00. The number of halogens is 1. The molecule has 162 valence electrons. The van der Waals surface area contributed by atoms with Crippen LogP contribution in [0.25, 0.3) is 22.4 Å². The predicted octanol–water partition coefficient (Wildman–Crippen LogP) is 5.05. The lowest BCUT2D eigenvalue weighted by Gasteiger charge is -2.11. The smallest absolute Gasteiger partial charge is 0.226 e. The molecule has 31 heavy (non-hydrogen) atoms. The minimum atomic E-state index is 0. The Bertz CT molecular complexity index is 1130. The number of H-pyrrole nitrogens is 1. The van der Waals surface area contributed by atoms with Crippen LogP contribution in [0, 0.1) is 6.92 Å². The summed E-state index contributed by atoms with van der Waals surface area (Å²) in [5.74, 6) is 1.40. The van der Waals surface area contributed by atoms with Crippen LogP contribution in [0.2, 0.25) is 0 Å². The summed E-state index contributed by atoms with van der Waals surface area (Å²) in [5.41, 5.74) is 5.57. The Morgan fingerprint density at radius 3 is 2.74 bits per heavy atom. The fourth-order valence-corrected chi connectivity index (χ4v) is 3.56. The highest BCUT2D eigenvalue weighted by molar-refractivity contribution is 14.0. The second kappa shape index (κ2) is 11.0. The average Bonchev–Trinajstić information content (AvgIpc) is 3.41. The van der Waals surface area contributed by atoms with Crippen molar-refractivity contribution in [2.24, 2.45) is 4.99 Å². The molecule has 4 aromatic rings. The van der Waals surface area contributed by atoms with Crippen LogP contribution in [0.1, 0.15) is 23.7 Å². The molecule has 0 saturated heterocycles. The Balaban J connectivity index is 0.00000272. The van der Waals surface area contributed by atoms with Gasteiger partial charge in [-0.1, -0.05) is 30.3 Å². The summed E-state index contributed by atoms with van der Waals surface area (Å²) in [6.07, 6.45) is 4.69. The van der Waals surface area contributed by atoms with Crippen LogP contribution in [0.5, 0.6) is 0 Å². The van der Waals surface area contributed by atoms with E-state index in [1.165, 1.54) is 22.0 Å². The molecule has 0 atom stereocenters. The van der Waals surface area contributed by atoms with Crippen molar-refractivity contribution in [1.82, 2.24) is 20.6 Å². The zero-order valence-electron chi connectivity index (χ0n) is 17.8. The van der Waals surface area contributed by atoms with Gasteiger partial charge >= 0.3 is 0 Å². The number of oxazole rings is 1. The molecule has 0 saturated carbocycles. The van der Waals surface area contributed by atoms with Crippen molar-refractivity contribution in [1.29, 1.82) is 0 Å². The van der Waals surface area contributed by atoms with E-state index in [1.807, 2.05) is 30.3 Å². The lowest BCUT2D eigenvalue weighted by molar-refractivity contribution is 0.572. The molecule has 6 nitrogen and oxygen atoms in total. The van der Waals surface area contributed by atoms with Crippen molar-refractivity contribution in [3.63, 3.8) is 0 Å². The van der Waals surface area contributed by atoms with Crippen LogP contribution < -0.4 is 10.6 Å². The van der Waals surface area contributed by atoms with E-state index >= 15 is 0 Å². The highest BCUT2D eigenvalue weighted by atomic mass is 127. The van der Waals surface area contributed by atoms with Gasteiger partial charge in [0, 0.05) is 35.8 Å². The molecule has 0 fully saturated rings. The Hall–Kier alpha value is -2.81. The summed E-state index contributed by atoms with van der Waals surface area (Å²) in [4.78, 5) is 12.6. The van der Waals surface area contributed by atoms with Crippen molar-refractivity contribution in [3.8, 4) is 11.5 Å². The first-order valence-electron chi connectivity index (χ1n) is 10.3. The first kappa shape index (κ1) is 22.9. The van der Waals surface area contributed by atoms with Crippen LogP contribution in [0.3, 0.4) is 0 Å². The predicted molar refractivity (Wildman–Crippen MR) is 137 cm³/mol. The number of fused-ring (bicyclic) bond motifs is 1. The summed E-state index contributed by atoms with van der Waals surface area (Å²) in [6.45, 7) is 6.26. The van der Waals surface area contributed by atoms with Gasteiger partial charge in [0.15, 0.2) is 5.96 Å². The van der Waals surface area contributed by atoms with E-state index < -0.39 is 0 Å². The number of nitrogens with zero attached hydrogens (tertiary/aromatic N) is 2. The Labute approximate surface area is 199 Å². The van der Waals surface area contributed by atoms with Gasteiger partial charge in [-0.05, 0) is 49.6 Å². The zero-order valence-corrected chi connectivity index (χ0v) is 20.1. The first-order chi connectivity index (χ1) is 14.7. The fourth-order valence-electron chi connectivity index (χ4n) is 3.56. The molecule has 0 aliphatic rings. The average molecular weight is 529 g/mol. The summed E-state index contributed by atoms with van der Waals surface area (Å²) in [6, 6.07) is 16.2. The van der Waals surface area contributed by atoms with Gasteiger partial charge in [-0.15, -0.1) is 24.0 Å². The monoisotopic (exact) mass is 529 g/mol. The normalized spacial score (nSPS) is 11.4. The second-order valence-corrected chi connectivity index (χ2v) is 7.19. The van der Waals surface area contributed by atoms with Gasteiger partial charge in [-0.25, -0.2) is 9.98 Å². The largest absolute Gasteiger partial charge is 0.444 e. The number of hydrogen-bond donors (Lipinski definition) is 3. The Morgan fingerprint density at radius 2 is 1.94 bits per heavy atom. The molecular weight excluding hydrogens is 501 g/mol. The maximum Gasteiger partial charge on any atom is 0.226 e. The van der Waals surface area contributed by atoms with Crippen molar-refractivity contribution in [3.05, 3.63) is 77.8 Å². The summed E-state index contributed by atoms with van der Waals surface area (Å²) < 4.78 is 5.60. The number of aliphatic imine (C=N–C) groups is 1. The molecule has 7 heteroatoms. The number of guanidine groups is 1. The quantitative estimate of drug-likeness (QED) is 0.178. The number of rotatable bonds is 7.